The lowest BCUT2D eigenvalue weighted by Crippen LogP contribution is -2.72. The van der Waals surface area contributed by atoms with Crippen molar-refractivity contribution in [3.05, 3.63) is 88.4 Å². The smallest absolute Gasteiger partial charge is 0.236 e. The van der Waals surface area contributed by atoms with Gasteiger partial charge in [0, 0.05) is 22.0 Å². The zero-order chi connectivity index (χ0) is 23.3. The molecule has 0 unspecified atom stereocenters. The van der Waals surface area contributed by atoms with Gasteiger partial charge < -0.3 is 15.4 Å². The number of nitrogens with zero attached hydrogens (tertiary/aromatic N) is 1. The Labute approximate surface area is 203 Å². The highest BCUT2D eigenvalue weighted by molar-refractivity contribution is 7.80. The fourth-order valence-corrected chi connectivity index (χ4v) is 5.37. The number of hydrogen-bond acceptors (Lipinski definition) is 3. The lowest BCUT2D eigenvalue weighted by atomic mass is 9.78. The molecule has 5 nitrogen and oxygen atoms in total. The van der Waals surface area contributed by atoms with Gasteiger partial charge in [-0.05, 0) is 75.0 Å². The number of para-hydroxylation sites is 1. The summed E-state index contributed by atoms with van der Waals surface area (Å²) >= 11 is 11.9. The zero-order valence-corrected chi connectivity index (χ0v) is 20.1. The second kappa shape index (κ2) is 8.04. The number of ether oxygens (including phenoxy) is 1. The van der Waals surface area contributed by atoms with E-state index in [0.717, 1.165) is 28.1 Å². The lowest BCUT2D eigenvalue weighted by Gasteiger charge is -2.56. The van der Waals surface area contributed by atoms with Crippen LogP contribution in [0.1, 0.15) is 29.7 Å². The van der Waals surface area contributed by atoms with E-state index in [4.69, 9.17) is 28.6 Å². The topological polar surface area (TPSA) is 53.6 Å². The highest BCUT2D eigenvalue weighted by Gasteiger charge is 2.59. The molecule has 2 aliphatic heterocycles. The van der Waals surface area contributed by atoms with Crippen LogP contribution in [-0.2, 0) is 4.79 Å². The van der Waals surface area contributed by atoms with E-state index in [1.54, 1.807) is 24.3 Å². The summed E-state index contributed by atoms with van der Waals surface area (Å²) in [6.07, 6.45) is 0. The molecular formula is C26H24ClN3O2S. The molecule has 2 N–H and O–H groups in total. The first kappa shape index (κ1) is 21.7. The van der Waals surface area contributed by atoms with E-state index in [-0.39, 0.29) is 11.9 Å². The molecule has 33 heavy (non-hydrogen) atoms. The Balaban J connectivity index is 1.64. The van der Waals surface area contributed by atoms with E-state index < -0.39 is 11.6 Å². The summed E-state index contributed by atoms with van der Waals surface area (Å²) in [5, 5.41) is 7.64. The molecule has 0 spiro atoms. The summed E-state index contributed by atoms with van der Waals surface area (Å²) in [5.41, 5.74) is 3.58. The number of fused-ring (bicyclic) bond motifs is 4. The largest absolute Gasteiger partial charge is 0.467 e. The maximum Gasteiger partial charge on any atom is 0.236 e. The Kier molecular flexibility index (Phi) is 5.30. The van der Waals surface area contributed by atoms with Crippen LogP contribution in [0.4, 0.5) is 11.4 Å². The molecule has 0 aromatic heterocycles. The van der Waals surface area contributed by atoms with Crippen molar-refractivity contribution in [3.63, 3.8) is 0 Å². The van der Waals surface area contributed by atoms with Crippen LogP contribution in [0.25, 0.3) is 0 Å². The Bertz CT molecular complexity index is 1260. The summed E-state index contributed by atoms with van der Waals surface area (Å²) in [6.45, 7) is 5.99. The molecule has 0 saturated carbocycles. The fourth-order valence-electron chi connectivity index (χ4n) is 4.83. The van der Waals surface area contributed by atoms with Gasteiger partial charge in [-0.1, -0.05) is 47.5 Å². The molecule has 168 valence electrons. The predicted octanol–water partition coefficient (Wildman–Crippen LogP) is 5.76. The number of rotatable bonds is 3. The first-order valence-electron chi connectivity index (χ1n) is 10.8. The summed E-state index contributed by atoms with van der Waals surface area (Å²) in [7, 11) is 0. The van der Waals surface area contributed by atoms with Gasteiger partial charge in [0.2, 0.25) is 5.91 Å². The van der Waals surface area contributed by atoms with Gasteiger partial charge in [0.1, 0.15) is 11.7 Å². The van der Waals surface area contributed by atoms with Gasteiger partial charge in [0.05, 0.1) is 6.04 Å². The second-order valence-corrected chi connectivity index (χ2v) is 9.54. The summed E-state index contributed by atoms with van der Waals surface area (Å²) in [4.78, 5) is 15.7. The first-order valence-corrected chi connectivity index (χ1v) is 11.6. The van der Waals surface area contributed by atoms with Crippen LogP contribution >= 0.6 is 23.8 Å². The van der Waals surface area contributed by atoms with Gasteiger partial charge >= 0.3 is 0 Å². The Morgan fingerprint density at radius 2 is 1.85 bits per heavy atom. The van der Waals surface area contributed by atoms with E-state index in [9.17, 15) is 4.79 Å². The van der Waals surface area contributed by atoms with Crippen LogP contribution in [0.15, 0.2) is 66.7 Å². The van der Waals surface area contributed by atoms with Crippen molar-refractivity contribution in [3.8, 4) is 5.75 Å². The normalized spacial score (nSPS) is 23.3. The number of carbonyl (C=O) groups excluding carboxylic acids is 1. The van der Waals surface area contributed by atoms with Crippen LogP contribution in [-0.4, -0.2) is 16.7 Å². The molecule has 3 aromatic carbocycles. The molecule has 7 heteroatoms. The van der Waals surface area contributed by atoms with Crippen molar-refractivity contribution in [2.75, 3.05) is 10.2 Å². The Morgan fingerprint density at radius 3 is 2.58 bits per heavy atom. The SMILES string of the molecule is Cc1ccc2c(c1)[C@@H]1NC(=S)N(c3ccccc3C)[C@](C)(O2)[C@H]1C(=O)Nc1ccc(Cl)cc1. The molecular weight excluding hydrogens is 454 g/mol. The molecule has 2 aliphatic rings. The van der Waals surface area contributed by atoms with Gasteiger partial charge in [-0.3, -0.25) is 9.69 Å². The van der Waals surface area contributed by atoms with Gasteiger partial charge in [-0.25, -0.2) is 0 Å². The molecule has 3 atom stereocenters. The summed E-state index contributed by atoms with van der Waals surface area (Å²) in [5.74, 6) is -0.00317. The quantitative estimate of drug-likeness (QED) is 0.470. The molecule has 1 amide bonds. The molecule has 2 heterocycles. The number of nitrogens with one attached hydrogen (secondary N) is 2. The molecule has 1 fully saturated rings. The maximum absolute atomic E-state index is 13.8. The molecule has 5 rings (SSSR count). The number of amides is 1. The predicted molar refractivity (Wildman–Crippen MR) is 136 cm³/mol. The number of aryl methyl sites for hydroxylation is 2. The van der Waals surface area contributed by atoms with Crippen LogP contribution in [0, 0.1) is 19.8 Å². The van der Waals surface area contributed by atoms with Crippen LogP contribution in [0.3, 0.4) is 0 Å². The van der Waals surface area contributed by atoms with Crippen LogP contribution < -0.4 is 20.3 Å². The minimum atomic E-state index is -1.04. The van der Waals surface area contributed by atoms with Gasteiger partial charge in [0.25, 0.3) is 0 Å². The van der Waals surface area contributed by atoms with E-state index in [2.05, 4.69) is 16.7 Å². The van der Waals surface area contributed by atoms with Crippen molar-refractivity contribution in [2.24, 2.45) is 5.92 Å². The van der Waals surface area contributed by atoms with Crippen LogP contribution in [0.5, 0.6) is 5.75 Å². The Hall–Kier alpha value is -3.09. The summed E-state index contributed by atoms with van der Waals surface area (Å²) in [6, 6.07) is 20.8. The highest BCUT2D eigenvalue weighted by atomic mass is 35.5. The lowest BCUT2D eigenvalue weighted by molar-refractivity contribution is -0.130. The monoisotopic (exact) mass is 477 g/mol. The van der Waals surface area contributed by atoms with Crippen molar-refractivity contribution in [1.82, 2.24) is 5.32 Å². The third kappa shape index (κ3) is 3.63. The number of hydrogen-bond donors (Lipinski definition) is 2. The average molecular weight is 478 g/mol. The van der Waals surface area contributed by atoms with E-state index in [1.165, 1.54) is 0 Å². The van der Waals surface area contributed by atoms with E-state index in [0.29, 0.717) is 15.8 Å². The molecule has 0 aliphatic carbocycles. The molecule has 0 radical (unpaired) electrons. The van der Waals surface area contributed by atoms with E-state index in [1.807, 2.05) is 62.1 Å². The minimum absolute atomic E-state index is 0.162. The standard InChI is InChI=1S/C26H24ClN3O2S/c1-15-8-13-21-19(14-15)23-22(24(31)28-18-11-9-17(27)10-12-18)26(3,32-21)30(25(33)29-23)20-7-5-4-6-16(20)2/h4-14,22-23H,1-3H3,(H,28,31)(H,29,33)/t22-,23+,26-/m1/s1. The zero-order valence-electron chi connectivity index (χ0n) is 18.6. The summed E-state index contributed by atoms with van der Waals surface area (Å²) < 4.78 is 6.64. The molecule has 3 aromatic rings. The molecule has 2 bridgehead atoms. The number of carbonyl (C=O) groups is 1. The van der Waals surface area contributed by atoms with E-state index >= 15 is 0 Å². The number of benzene rings is 3. The van der Waals surface area contributed by atoms with Crippen molar-refractivity contribution < 1.29 is 9.53 Å². The highest BCUT2D eigenvalue weighted by Crippen LogP contribution is 2.50. The van der Waals surface area contributed by atoms with Gasteiger partial charge in [0.15, 0.2) is 10.8 Å². The average Bonchev–Trinajstić information content (AvgIpc) is 2.77. The fraction of sp³-hybridized carbons (Fsp3) is 0.231. The van der Waals surface area contributed by atoms with Gasteiger partial charge in [-0.2, -0.15) is 0 Å². The molecule has 1 saturated heterocycles. The minimum Gasteiger partial charge on any atom is -0.467 e. The number of halogens is 1. The second-order valence-electron chi connectivity index (χ2n) is 8.72. The first-order chi connectivity index (χ1) is 15.8. The van der Waals surface area contributed by atoms with Gasteiger partial charge in [-0.15, -0.1) is 0 Å². The van der Waals surface area contributed by atoms with Crippen molar-refractivity contribution in [2.45, 2.75) is 32.5 Å². The number of thiocarbonyl (C=S) groups is 1. The van der Waals surface area contributed by atoms with Crippen molar-refractivity contribution >= 4 is 46.2 Å². The third-order valence-corrected chi connectivity index (χ3v) is 6.96. The third-order valence-electron chi connectivity index (χ3n) is 6.40. The Morgan fingerprint density at radius 1 is 1.12 bits per heavy atom. The number of anilines is 2. The maximum atomic E-state index is 13.8. The van der Waals surface area contributed by atoms with Crippen LogP contribution in [0.2, 0.25) is 5.02 Å². The van der Waals surface area contributed by atoms with Crippen molar-refractivity contribution in [1.29, 1.82) is 0 Å².